The van der Waals surface area contributed by atoms with E-state index in [9.17, 15) is 0 Å². The van der Waals surface area contributed by atoms with Crippen molar-refractivity contribution in [2.75, 3.05) is 0 Å². The number of rotatable bonds is 1. The van der Waals surface area contributed by atoms with Crippen LogP contribution in [-0.4, -0.2) is 17.5 Å². The molecule has 0 aliphatic heterocycles. The third kappa shape index (κ3) is 5.99. The van der Waals surface area contributed by atoms with Crippen LogP contribution in [0.15, 0.2) is 4.99 Å². The number of nitrogens with zero attached hydrogens (tertiary/aromatic N) is 1. The third-order valence-electron chi connectivity index (χ3n) is 2.90. The van der Waals surface area contributed by atoms with E-state index in [1.165, 1.54) is 44.9 Å². The van der Waals surface area contributed by atoms with Crippen LogP contribution < -0.4 is 11.1 Å². The van der Waals surface area contributed by atoms with Crippen LogP contribution in [0.25, 0.3) is 0 Å². The molecule has 1 aliphatic carbocycles. The molecule has 0 bridgehead atoms. The molecule has 1 rings (SSSR count). The molecule has 0 aromatic heterocycles. The van der Waals surface area contributed by atoms with Crippen LogP contribution in [-0.2, 0) is 0 Å². The van der Waals surface area contributed by atoms with Gasteiger partial charge < -0.3 is 11.1 Å². The van der Waals surface area contributed by atoms with Crippen molar-refractivity contribution < 1.29 is 0 Å². The zero-order valence-electron chi connectivity index (χ0n) is 11.1. The third-order valence-corrected chi connectivity index (χ3v) is 2.90. The molecular weight excluding hydrogens is 198 g/mol. The Morgan fingerprint density at radius 2 is 1.56 bits per heavy atom. The molecule has 0 radical (unpaired) electrons. The van der Waals surface area contributed by atoms with E-state index in [1.54, 1.807) is 0 Å². The Labute approximate surface area is 99.9 Å². The second-order valence-corrected chi connectivity index (χ2v) is 5.89. The van der Waals surface area contributed by atoms with E-state index >= 15 is 0 Å². The van der Waals surface area contributed by atoms with Gasteiger partial charge in [0.15, 0.2) is 5.96 Å². The average molecular weight is 225 g/mol. The van der Waals surface area contributed by atoms with Gasteiger partial charge in [-0.3, -0.25) is 4.99 Å². The summed E-state index contributed by atoms with van der Waals surface area (Å²) >= 11 is 0. The molecule has 1 aliphatic rings. The first-order chi connectivity index (χ1) is 7.47. The van der Waals surface area contributed by atoms with Crippen molar-refractivity contribution in [2.45, 2.75) is 77.3 Å². The van der Waals surface area contributed by atoms with Gasteiger partial charge in [0.1, 0.15) is 0 Å². The van der Waals surface area contributed by atoms with Gasteiger partial charge in [-0.05, 0) is 33.6 Å². The molecule has 1 fully saturated rings. The number of hydrogen-bond donors (Lipinski definition) is 2. The first-order valence-corrected chi connectivity index (χ1v) is 6.59. The smallest absolute Gasteiger partial charge is 0.189 e. The van der Waals surface area contributed by atoms with Crippen LogP contribution in [0.2, 0.25) is 0 Å². The van der Waals surface area contributed by atoms with E-state index in [0.29, 0.717) is 12.0 Å². The van der Waals surface area contributed by atoms with Crippen molar-refractivity contribution in [3.05, 3.63) is 0 Å². The van der Waals surface area contributed by atoms with Gasteiger partial charge in [0.05, 0.1) is 6.04 Å². The Hall–Kier alpha value is -0.730. The van der Waals surface area contributed by atoms with E-state index < -0.39 is 0 Å². The second kappa shape index (κ2) is 6.12. The van der Waals surface area contributed by atoms with E-state index in [2.05, 4.69) is 31.1 Å². The molecule has 94 valence electrons. The second-order valence-electron chi connectivity index (χ2n) is 5.89. The summed E-state index contributed by atoms with van der Waals surface area (Å²) in [5.41, 5.74) is 5.93. The zero-order valence-corrected chi connectivity index (χ0v) is 11.1. The Morgan fingerprint density at radius 1 is 1.06 bits per heavy atom. The molecular formula is C13H27N3. The maximum atomic E-state index is 5.92. The van der Waals surface area contributed by atoms with Gasteiger partial charge in [-0.1, -0.05) is 32.1 Å². The fraction of sp³-hybridized carbons (Fsp3) is 0.923. The quantitative estimate of drug-likeness (QED) is 0.532. The lowest BCUT2D eigenvalue weighted by Crippen LogP contribution is -2.45. The lowest BCUT2D eigenvalue weighted by molar-refractivity contribution is 0.449. The average Bonchev–Trinajstić information content (AvgIpc) is 2.06. The highest BCUT2D eigenvalue weighted by Gasteiger charge is 2.13. The van der Waals surface area contributed by atoms with Gasteiger partial charge in [-0.25, -0.2) is 0 Å². The van der Waals surface area contributed by atoms with E-state index in [1.807, 2.05) is 0 Å². The molecule has 0 unspecified atom stereocenters. The molecule has 0 spiro atoms. The van der Waals surface area contributed by atoms with Crippen molar-refractivity contribution >= 4 is 5.96 Å². The maximum Gasteiger partial charge on any atom is 0.189 e. The van der Waals surface area contributed by atoms with Gasteiger partial charge >= 0.3 is 0 Å². The maximum absolute atomic E-state index is 5.92. The molecule has 3 N–H and O–H groups in total. The van der Waals surface area contributed by atoms with Crippen LogP contribution >= 0.6 is 0 Å². The number of guanidine groups is 1. The van der Waals surface area contributed by atoms with Crippen molar-refractivity contribution in [2.24, 2.45) is 10.7 Å². The summed E-state index contributed by atoms with van der Waals surface area (Å²) in [5, 5.41) is 3.23. The Kier molecular flexibility index (Phi) is 5.10. The summed E-state index contributed by atoms with van der Waals surface area (Å²) < 4.78 is 0. The van der Waals surface area contributed by atoms with Crippen molar-refractivity contribution in [3.63, 3.8) is 0 Å². The predicted molar refractivity (Wildman–Crippen MR) is 70.6 cm³/mol. The molecule has 16 heavy (non-hydrogen) atoms. The first-order valence-electron chi connectivity index (χ1n) is 6.59. The molecule has 0 heterocycles. The topological polar surface area (TPSA) is 50.4 Å². The van der Waals surface area contributed by atoms with Crippen molar-refractivity contribution in [1.29, 1.82) is 0 Å². The van der Waals surface area contributed by atoms with Crippen molar-refractivity contribution in [3.8, 4) is 0 Å². The van der Waals surface area contributed by atoms with E-state index in [4.69, 9.17) is 5.73 Å². The summed E-state index contributed by atoms with van der Waals surface area (Å²) in [6.45, 7) is 6.31. The van der Waals surface area contributed by atoms with Gasteiger partial charge in [-0.15, -0.1) is 0 Å². The highest BCUT2D eigenvalue weighted by molar-refractivity contribution is 5.78. The highest BCUT2D eigenvalue weighted by Crippen LogP contribution is 2.19. The van der Waals surface area contributed by atoms with Crippen LogP contribution in [0.1, 0.15) is 65.7 Å². The largest absolute Gasteiger partial charge is 0.370 e. The molecule has 0 aromatic rings. The van der Waals surface area contributed by atoms with Crippen molar-refractivity contribution in [1.82, 2.24) is 5.32 Å². The summed E-state index contributed by atoms with van der Waals surface area (Å²) in [5.74, 6) is 0.609. The zero-order chi connectivity index (χ0) is 12.0. The first kappa shape index (κ1) is 13.3. The van der Waals surface area contributed by atoms with Crippen LogP contribution in [0.3, 0.4) is 0 Å². The fourth-order valence-electron chi connectivity index (χ4n) is 2.18. The highest BCUT2D eigenvalue weighted by atomic mass is 15.1. The summed E-state index contributed by atoms with van der Waals surface area (Å²) in [7, 11) is 0. The standard InChI is InChI=1S/C13H27N3/c1-13(2,3)16-12(14)15-11-9-7-5-4-6-8-10-11/h11H,4-10H2,1-3H3,(H3,14,15,16). The molecule has 0 saturated heterocycles. The number of aliphatic imine (C=N–C) groups is 1. The number of hydrogen-bond acceptors (Lipinski definition) is 1. The normalized spacial score (nSPS) is 21.3. The minimum atomic E-state index is 0.00913. The Morgan fingerprint density at radius 3 is 2.06 bits per heavy atom. The molecule has 3 heteroatoms. The fourth-order valence-corrected chi connectivity index (χ4v) is 2.18. The summed E-state index contributed by atoms with van der Waals surface area (Å²) in [4.78, 5) is 4.61. The Bertz CT molecular complexity index is 220. The molecule has 3 nitrogen and oxygen atoms in total. The minimum Gasteiger partial charge on any atom is -0.370 e. The predicted octanol–water partition coefficient (Wildman–Crippen LogP) is 2.80. The SMILES string of the molecule is CC(C)(C)NC(N)=NC1CCCCCCC1. The summed E-state index contributed by atoms with van der Waals surface area (Å²) in [6, 6.07) is 0.440. The van der Waals surface area contributed by atoms with E-state index in [0.717, 1.165) is 0 Å². The lowest BCUT2D eigenvalue weighted by Gasteiger charge is -2.23. The van der Waals surface area contributed by atoms with Gasteiger partial charge in [0.2, 0.25) is 0 Å². The number of nitrogens with one attached hydrogen (secondary N) is 1. The molecule has 1 saturated carbocycles. The van der Waals surface area contributed by atoms with Crippen LogP contribution in [0.5, 0.6) is 0 Å². The molecule has 0 amide bonds. The van der Waals surface area contributed by atoms with Gasteiger partial charge in [0, 0.05) is 5.54 Å². The van der Waals surface area contributed by atoms with Crippen LogP contribution in [0.4, 0.5) is 0 Å². The minimum absolute atomic E-state index is 0.00913. The van der Waals surface area contributed by atoms with E-state index in [-0.39, 0.29) is 5.54 Å². The lowest BCUT2D eigenvalue weighted by atomic mass is 9.97. The van der Waals surface area contributed by atoms with Gasteiger partial charge in [0.25, 0.3) is 0 Å². The van der Waals surface area contributed by atoms with Crippen LogP contribution in [0, 0.1) is 0 Å². The van der Waals surface area contributed by atoms with Gasteiger partial charge in [-0.2, -0.15) is 0 Å². The molecule has 0 aromatic carbocycles. The summed E-state index contributed by atoms with van der Waals surface area (Å²) in [6.07, 6.45) is 9.12. The molecule has 0 atom stereocenters. The monoisotopic (exact) mass is 225 g/mol. The number of nitrogens with two attached hydrogens (primary N) is 1. The Balaban J connectivity index is 2.45.